The van der Waals surface area contributed by atoms with Gasteiger partial charge in [-0.05, 0) is 49.1 Å². The Bertz CT molecular complexity index is 956. The van der Waals surface area contributed by atoms with Gasteiger partial charge in [-0.2, -0.15) is 0 Å². The molecule has 0 radical (unpaired) electrons. The van der Waals surface area contributed by atoms with Crippen molar-refractivity contribution in [3.63, 3.8) is 0 Å². The predicted octanol–water partition coefficient (Wildman–Crippen LogP) is 2.78. The molecule has 2 aliphatic rings. The molecule has 0 aliphatic carbocycles. The average molecular weight is 438 g/mol. The maximum Gasteiger partial charge on any atom is 0.228 e. The van der Waals surface area contributed by atoms with Gasteiger partial charge in [0.05, 0.1) is 5.92 Å². The first kappa shape index (κ1) is 22.0. The molecule has 32 heavy (non-hydrogen) atoms. The van der Waals surface area contributed by atoms with E-state index in [4.69, 9.17) is 0 Å². The van der Waals surface area contributed by atoms with E-state index >= 15 is 0 Å². The number of carbonyl (C=O) groups is 3. The zero-order chi connectivity index (χ0) is 22.5. The molecule has 0 spiro atoms. The lowest BCUT2D eigenvalue weighted by Crippen LogP contribution is -2.45. The molecule has 2 heterocycles. The summed E-state index contributed by atoms with van der Waals surface area (Å²) in [5.41, 5.74) is 1.80. The Balaban J connectivity index is 1.23. The lowest BCUT2D eigenvalue weighted by atomic mass is 9.94. The number of benzene rings is 2. The molecular formula is C25H28FN3O3. The zero-order valence-corrected chi connectivity index (χ0v) is 18.0. The summed E-state index contributed by atoms with van der Waals surface area (Å²) in [5, 5.41) is 3.01. The minimum Gasteiger partial charge on any atom is -0.356 e. The molecule has 4 rings (SSSR count). The first-order chi connectivity index (χ1) is 15.5. The van der Waals surface area contributed by atoms with E-state index in [9.17, 15) is 18.8 Å². The molecule has 2 saturated heterocycles. The van der Waals surface area contributed by atoms with Gasteiger partial charge < -0.3 is 15.1 Å². The fourth-order valence-electron chi connectivity index (χ4n) is 4.48. The summed E-state index contributed by atoms with van der Waals surface area (Å²) in [6, 6.07) is 15.8. The van der Waals surface area contributed by atoms with Crippen molar-refractivity contribution in [3.8, 4) is 0 Å². The van der Waals surface area contributed by atoms with Crippen LogP contribution in [0.5, 0.6) is 0 Å². The highest BCUT2D eigenvalue weighted by Gasteiger charge is 2.38. The SMILES string of the molecule is O=C(NCCc1ccccc1)C1CCN(C(=O)[C@H]2CC(=O)N(c3ccc(F)cc3)C2)CC1. The van der Waals surface area contributed by atoms with Crippen molar-refractivity contribution in [1.29, 1.82) is 0 Å². The molecule has 1 N–H and O–H groups in total. The van der Waals surface area contributed by atoms with Crippen molar-refractivity contribution in [3.05, 3.63) is 66.0 Å². The topological polar surface area (TPSA) is 69.7 Å². The van der Waals surface area contributed by atoms with Gasteiger partial charge in [0.25, 0.3) is 0 Å². The van der Waals surface area contributed by atoms with Crippen molar-refractivity contribution in [1.82, 2.24) is 10.2 Å². The lowest BCUT2D eigenvalue weighted by Gasteiger charge is -2.33. The van der Waals surface area contributed by atoms with E-state index in [0.717, 1.165) is 6.42 Å². The van der Waals surface area contributed by atoms with Crippen LogP contribution >= 0.6 is 0 Å². The third-order valence-corrected chi connectivity index (χ3v) is 6.35. The van der Waals surface area contributed by atoms with Crippen molar-refractivity contribution in [2.45, 2.75) is 25.7 Å². The summed E-state index contributed by atoms with van der Waals surface area (Å²) in [6.07, 6.45) is 2.22. The molecule has 3 amide bonds. The van der Waals surface area contributed by atoms with E-state index in [0.29, 0.717) is 44.7 Å². The van der Waals surface area contributed by atoms with Crippen LogP contribution in [0.15, 0.2) is 54.6 Å². The average Bonchev–Trinajstić information content (AvgIpc) is 3.21. The maximum atomic E-state index is 13.2. The summed E-state index contributed by atoms with van der Waals surface area (Å²) >= 11 is 0. The summed E-state index contributed by atoms with van der Waals surface area (Å²) < 4.78 is 13.2. The van der Waals surface area contributed by atoms with E-state index in [1.54, 1.807) is 21.9 Å². The number of carbonyl (C=O) groups excluding carboxylic acids is 3. The molecule has 0 saturated carbocycles. The second-order valence-corrected chi connectivity index (χ2v) is 8.51. The number of anilines is 1. The second kappa shape index (κ2) is 9.94. The summed E-state index contributed by atoms with van der Waals surface area (Å²) in [6.45, 7) is 1.96. The Morgan fingerprint density at radius 2 is 1.66 bits per heavy atom. The van der Waals surface area contributed by atoms with Crippen LogP contribution in [0.25, 0.3) is 0 Å². The van der Waals surface area contributed by atoms with Crippen LogP contribution in [0.4, 0.5) is 10.1 Å². The standard InChI is InChI=1S/C25H28FN3O3/c26-21-6-8-22(9-7-21)29-17-20(16-23(29)30)25(32)28-14-11-19(12-15-28)24(31)27-13-10-18-4-2-1-3-5-18/h1-9,19-20H,10-17H2,(H,27,31)/t20-/m0/s1. The molecule has 0 unspecified atom stereocenters. The monoisotopic (exact) mass is 437 g/mol. The second-order valence-electron chi connectivity index (χ2n) is 8.51. The summed E-state index contributed by atoms with van der Waals surface area (Å²) in [5.74, 6) is -0.959. The van der Waals surface area contributed by atoms with Crippen LogP contribution in [0.1, 0.15) is 24.8 Å². The molecule has 2 aromatic carbocycles. The molecule has 168 valence electrons. The molecule has 0 aromatic heterocycles. The fourth-order valence-corrected chi connectivity index (χ4v) is 4.48. The highest BCUT2D eigenvalue weighted by atomic mass is 19.1. The normalized spacial score (nSPS) is 19.3. The quantitative estimate of drug-likeness (QED) is 0.756. The van der Waals surface area contributed by atoms with Crippen LogP contribution in [0, 0.1) is 17.7 Å². The van der Waals surface area contributed by atoms with Crippen molar-refractivity contribution in [2.24, 2.45) is 11.8 Å². The molecular weight excluding hydrogens is 409 g/mol. The molecule has 2 aliphatic heterocycles. The van der Waals surface area contributed by atoms with Gasteiger partial charge in [0.15, 0.2) is 0 Å². The van der Waals surface area contributed by atoms with Crippen LogP contribution < -0.4 is 10.2 Å². The number of amides is 3. The van der Waals surface area contributed by atoms with Gasteiger partial charge in [-0.25, -0.2) is 4.39 Å². The number of hydrogen-bond acceptors (Lipinski definition) is 3. The number of piperidine rings is 1. The molecule has 2 fully saturated rings. The van der Waals surface area contributed by atoms with E-state index in [1.165, 1.54) is 17.7 Å². The van der Waals surface area contributed by atoms with Gasteiger partial charge in [0.1, 0.15) is 5.82 Å². The summed E-state index contributed by atoms with van der Waals surface area (Å²) in [4.78, 5) is 41.2. The maximum absolute atomic E-state index is 13.2. The Kier molecular flexibility index (Phi) is 6.83. The van der Waals surface area contributed by atoms with Gasteiger partial charge >= 0.3 is 0 Å². The third kappa shape index (κ3) is 5.15. The minimum atomic E-state index is -0.399. The van der Waals surface area contributed by atoms with Crippen molar-refractivity contribution < 1.29 is 18.8 Å². The Hall–Kier alpha value is -3.22. The van der Waals surface area contributed by atoms with Crippen LogP contribution in [0.2, 0.25) is 0 Å². The molecule has 6 nitrogen and oxygen atoms in total. The number of nitrogens with one attached hydrogen (secondary N) is 1. The van der Waals surface area contributed by atoms with E-state index in [2.05, 4.69) is 5.32 Å². The van der Waals surface area contributed by atoms with Gasteiger partial charge in [-0.15, -0.1) is 0 Å². The Morgan fingerprint density at radius 3 is 2.34 bits per heavy atom. The number of nitrogens with zero attached hydrogens (tertiary/aromatic N) is 2. The van der Waals surface area contributed by atoms with E-state index in [1.807, 2.05) is 30.3 Å². The van der Waals surface area contributed by atoms with Gasteiger partial charge in [0.2, 0.25) is 17.7 Å². The van der Waals surface area contributed by atoms with Crippen molar-refractivity contribution >= 4 is 23.4 Å². The smallest absolute Gasteiger partial charge is 0.228 e. The Morgan fingerprint density at radius 1 is 0.969 bits per heavy atom. The number of rotatable bonds is 6. The largest absolute Gasteiger partial charge is 0.356 e. The summed E-state index contributed by atoms with van der Waals surface area (Å²) in [7, 11) is 0. The molecule has 7 heteroatoms. The number of hydrogen-bond donors (Lipinski definition) is 1. The van der Waals surface area contributed by atoms with Crippen LogP contribution in [-0.4, -0.2) is 48.8 Å². The molecule has 2 aromatic rings. The first-order valence-corrected chi connectivity index (χ1v) is 11.2. The van der Waals surface area contributed by atoms with Gasteiger partial charge in [-0.1, -0.05) is 30.3 Å². The van der Waals surface area contributed by atoms with Gasteiger partial charge in [-0.3, -0.25) is 14.4 Å². The highest BCUT2D eigenvalue weighted by Crippen LogP contribution is 2.28. The third-order valence-electron chi connectivity index (χ3n) is 6.35. The highest BCUT2D eigenvalue weighted by molar-refractivity contribution is 6.00. The van der Waals surface area contributed by atoms with Crippen molar-refractivity contribution in [2.75, 3.05) is 31.1 Å². The minimum absolute atomic E-state index is 0.0362. The lowest BCUT2D eigenvalue weighted by molar-refractivity contribution is -0.139. The van der Waals surface area contributed by atoms with Gasteiger partial charge in [0, 0.05) is 44.2 Å². The number of likely N-dealkylation sites (tertiary alicyclic amines) is 1. The van der Waals surface area contributed by atoms with E-state index in [-0.39, 0.29) is 35.9 Å². The molecule has 1 atom stereocenters. The van der Waals surface area contributed by atoms with Crippen LogP contribution in [-0.2, 0) is 20.8 Å². The van der Waals surface area contributed by atoms with Crippen LogP contribution in [0.3, 0.4) is 0 Å². The Labute approximate surface area is 187 Å². The fraction of sp³-hybridized carbons (Fsp3) is 0.400. The van der Waals surface area contributed by atoms with E-state index < -0.39 is 5.92 Å². The predicted molar refractivity (Wildman–Crippen MR) is 119 cm³/mol. The molecule has 0 bridgehead atoms. The number of halogens is 1. The zero-order valence-electron chi connectivity index (χ0n) is 18.0. The first-order valence-electron chi connectivity index (χ1n) is 11.2.